The minimum atomic E-state index is -1.13. The Morgan fingerprint density at radius 1 is 1.59 bits per heavy atom. The van der Waals surface area contributed by atoms with E-state index in [2.05, 4.69) is 10.6 Å². The molecule has 1 aromatic heterocycles. The van der Waals surface area contributed by atoms with Gasteiger partial charge in [-0.3, -0.25) is 4.79 Å². The molecule has 2 rings (SSSR count). The van der Waals surface area contributed by atoms with Gasteiger partial charge in [-0.2, -0.15) is 0 Å². The first-order chi connectivity index (χ1) is 7.99. The van der Waals surface area contributed by atoms with E-state index in [9.17, 15) is 9.59 Å². The molecule has 1 saturated heterocycles. The first-order valence-corrected chi connectivity index (χ1v) is 6.23. The Balaban J connectivity index is 2.25. The van der Waals surface area contributed by atoms with Crippen LogP contribution in [0.5, 0.6) is 0 Å². The third kappa shape index (κ3) is 2.37. The largest absolute Gasteiger partial charge is 0.465 e. The Hall–Kier alpha value is -1.27. The number of carboxylic acid groups (broad SMARTS) is 1. The Bertz CT molecular complexity index is 462. The summed E-state index contributed by atoms with van der Waals surface area (Å²) in [5.41, 5.74) is 0. The minimum Gasteiger partial charge on any atom is -0.465 e. The van der Waals surface area contributed by atoms with E-state index in [-0.39, 0.29) is 11.9 Å². The lowest BCUT2D eigenvalue weighted by Gasteiger charge is -2.19. The predicted octanol–water partition coefficient (Wildman–Crippen LogP) is 1.84. The highest BCUT2D eigenvalue weighted by molar-refractivity contribution is 7.16. The van der Waals surface area contributed by atoms with Crippen LogP contribution in [0.2, 0.25) is 4.34 Å². The van der Waals surface area contributed by atoms with Gasteiger partial charge in [0.15, 0.2) is 0 Å². The smallest absolute Gasteiger partial charge is 0.404 e. The number of thiophene rings is 1. The third-order valence-corrected chi connectivity index (χ3v) is 4.11. The topological polar surface area (TPSA) is 78.4 Å². The van der Waals surface area contributed by atoms with Crippen molar-refractivity contribution in [2.24, 2.45) is 5.92 Å². The van der Waals surface area contributed by atoms with Crippen LogP contribution in [0.1, 0.15) is 17.8 Å². The first kappa shape index (κ1) is 12.2. The van der Waals surface area contributed by atoms with Gasteiger partial charge in [0.25, 0.3) is 0 Å². The van der Waals surface area contributed by atoms with Crippen LogP contribution in [0.3, 0.4) is 0 Å². The van der Waals surface area contributed by atoms with Crippen molar-refractivity contribution in [2.45, 2.75) is 19.0 Å². The molecule has 1 fully saturated rings. The molecule has 3 unspecified atom stereocenters. The molecule has 0 saturated carbocycles. The highest BCUT2D eigenvalue weighted by atomic mass is 35.5. The first-order valence-electron chi connectivity index (χ1n) is 5.04. The van der Waals surface area contributed by atoms with Crippen molar-refractivity contribution in [3.05, 3.63) is 21.3 Å². The second-order valence-corrected chi connectivity index (χ2v) is 5.64. The van der Waals surface area contributed by atoms with Crippen LogP contribution in [-0.4, -0.2) is 23.1 Å². The van der Waals surface area contributed by atoms with Crippen LogP contribution in [0.15, 0.2) is 12.1 Å². The van der Waals surface area contributed by atoms with Crippen molar-refractivity contribution in [1.29, 1.82) is 0 Å². The highest BCUT2D eigenvalue weighted by Crippen LogP contribution is 2.34. The van der Waals surface area contributed by atoms with E-state index < -0.39 is 18.1 Å². The molecule has 3 atom stereocenters. The maximum absolute atomic E-state index is 11.6. The second kappa shape index (κ2) is 4.54. The number of carbonyl (C=O) groups is 2. The van der Waals surface area contributed by atoms with Crippen LogP contribution in [0.25, 0.3) is 0 Å². The van der Waals surface area contributed by atoms with Crippen molar-refractivity contribution < 1.29 is 14.7 Å². The predicted molar refractivity (Wildman–Crippen MR) is 64.3 cm³/mol. The molecule has 1 aromatic rings. The normalized spacial score (nSPS) is 27.9. The van der Waals surface area contributed by atoms with Crippen molar-refractivity contribution in [1.82, 2.24) is 10.6 Å². The van der Waals surface area contributed by atoms with Gasteiger partial charge in [0.1, 0.15) is 0 Å². The van der Waals surface area contributed by atoms with E-state index in [1.165, 1.54) is 11.3 Å². The third-order valence-electron chi connectivity index (χ3n) is 2.80. The van der Waals surface area contributed by atoms with E-state index in [1.807, 2.05) is 0 Å². The standard InChI is InChI=1S/C10H11ClN2O3S/c1-4-7(13-10(15)16)8(12-9(4)14)5-2-3-6(11)17-5/h2-4,7-8,13H,1H3,(H,12,14)(H,15,16). The monoisotopic (exact) mass is 274 g/mol. The van der Waals surface area contributed by atoms with Gasteiger partial charge in [-0.05, 0) is 12.1 Å². The molecule has 1 aliphatic rings. The molecule has 5 nitrogen and oxygen atoms in total. The van der Waals surface area contributed by atoms with Gasteiger partial charge in [0.2, 0.25) is 5.91 Å². The summed E-state index contributed by atoms with van der Waals surface area (Å²) in [4.78, 5) is 23.2. The van der Waals surface area contributed by atoms with E-state index in [0.717, 1.165) is 4.88 Å². The van der Waals surface area contributed by atoms with E-state index in [4.69, 9.17) is 16.7 Å². The van der Waals surface area contributed by atoms with Crippen LogP contribution >= 0.6 is 22.9 Å². The van der Waals surface area contributed by atoms with Gasteiger partial charge in [0.05, 0.1) is 22.3 Å². The lowest BCUT2D eigenvalue weighted by Crippen LogP contribution is -2.40. The molecule has 0 bridgehead atoms. The molecule has 0 aromatic carbocycles. The molecule has 17 heavy (non-hydrogen) atoms. The summed E-state index contributed by atoms with van der Waals surface area (Å²) in [6, 6.07) is 2.72. The summed E-state index contributed by atoms with van der Waals surface area (Å²) >= 11 is 7.17. The van der Waals surface area contributed by atoms with Gasteiger partial charge < -0.3 is 15.7 Å². The number of nitrogens with one attached hydrogen (secondary N) is 2. The zero-order chi connectivity index (χ0) is 12.6. The fourth-order valence-electron chi connectivity index (χ4n) is 1.92. The van der Waals surface area contributed by atoms with Crippen LogP contribution < -0.4 is 10.6 Å². The van der Waals surface area contributed by atoms with E-state index >= 15 is 0 Å². The van der Waals surface area contributed by atoms with E-state index in [0.29, 0.717) is 4.34 Å². The SMILES string of the molecule is CC1C(=O)NC(c2ccc(Cl)s2)C1NC(=O)O. The molecule has 0 radical (unpaired) electrons. The molecule has 1 aliphatic heterocycles. The molecular weight excluding hydrogens is 264 g/mol. The molecule has 7 heteroatoms. The Labute approximate surface area is 107 Å². The fraction of sp³-hybridized carbons (Fsp3) is 0.400. The number of halogens is 1. The molecule has 0 spiro atoms. The molecule has 92 valence electrons. The lowest BCUT2D eigenvalue weighted by molar-refractivity contribution is -0.122. The minimum absolute atomic E-state index is 0.154. The highest BCUT2D eigenvalue weighted by Gasteiger charge is 2.41. The summed E-state index contributed by atoms with van der Waals surface area (Å²) in [6.07, 6.45) is -1.13. The number of amides is 2. The van der Waals surface area contributed by atoms with E-state index in [1.54, 1.807) is 19.1 Å². The molecule has 2 heterocycles. The van der Waals surface area contributed by atoms with Gasteiger partial charge in [-0.1, -0.05) is 18.5 Å². The maximum Gasteiger partial charge on any atom is 0.404 e. The molecule has 2 amide bonds. The van der Waals surface area contributed by atoms with Crippen LogP contribution in [0.4, 0.5) is 4.79 Å². The van der Waals surface area contributed by atoms with Crippen LogP contribution in [-0.2, 0) is 4.79 Å². The quantitative estimate of drug-likeness (QED) is 0.770. The van der Waals surface area contributed by atoms with Crippen molar-refractivity contribution in [3.8, 4) is 0 Å². The Morgan fingerprint density at radius 3 is 2.82 bits per heavy atom. The number of rotatable bonds is 2. The summed E-state index contributed by atoms with van der Waals surface area (Å²) in [7, 11) is 0. The number of hydrogen-bond donors (Lipinski definition) is 3. The Morgan fingerprint density at radius 2 is 2.29 bits per heavy atom. The number of hydrogen-bond acceptors (Lipinski definition) is 3. The molecule has 0 aliphatic carbocycles. The fourth-order valence-corrected chi connectivity index (χ4v) is 3.08. The molecule has 3 N–H and O–H groups in total. The summed E-state index contributed by atoms with van der Waals surface area (Å²) in [5, 5.41) is 13.9. The maximum atomic E-state index is 11.6. The Kier molecular flexibility index (Phi) is 3.26. The summed E-state index contributed by atoms with van der Waals surface area (Å²) in [5.74, 6) is -0.546. The van der Waals surface area contributed by atoms with Crippen molar-refractivity contribution in [3.63, 3.8) is 0 Å². The van der Waals surface area contributed by atoms with Crippen LogP contribution in [0, 0.1) is 5.92 Å². The second-order valence-electron chi connectivity index (χ2n) is 3.89. The lowest BCUT2D eigenvalue weighted by atomic mass is 9.99. The van der Waals surface area contributed by atoms with Gasteiger partial charge in [0, 0.05) is 4.88 Å². The molecular formula is C10H11ClN2O3S. The zero-order valence-electron chi connectivity index (χ0n) is 8.94. The average molecular weight is 275 g/mol. The average Bonchev–Trinajstić information content (AvgIpc) is 2.77. The van der Waals surface area contributed by atoms with Crippen molar-refractivity contribution in [2.75, 3.05) is 0 Å². The van der Waals surface area contributed by atoms with Gasteiger partial charge in [-0.25, -0.2) is 4.79 Å². The summed E-state index contributed by atoms with van der Waals surface area (Å²) in [6.45, 7) is 1.70. The van der Waals surface area contributed by atoms with Crippen molar-refractivity contribution >= 4 is 34.9 Å². The summed E-state index contributed by atoms with van der Waals surface area (Å²) < 4.78 is 0.614. The van der Waals surface area contributed by atoms with Gasteiger partial charge in [-0.15, -0.1) is 11.3 Å². The zero-order valence-corrected chi connectivity index (χ0v) is 10.5. The number of carbonyl (C=O) groups excluding carboxylic acids is 1. The van der Waals surface area contributed by atoms with Gasteiger partial charge >= 0.3 is 6.09 Å².